The maximum Gasteiger partial charge on any atom is 0.116 e. The standard InChI is InChI=1S/C24H28N4O/c1-29-14-13-28-23-8-4-3-7-20(23)24(26-28)22-16-19-15-18(9-10-21(19)25-22)17-27-11-5-2-6-12-27/h3-4,7-10,15-16,25H,2,5-6,11-14,17H2,1H3. The van der Waals surface area contributed by atoms with Crippen molar-refractivity contribution in [2.45, 2.75) is 32.4 Å². The second kappa shape index (κ2) is 8.01. The Hall–Kier alpha value is -2.63. The van der Waals surface area contributed by atoms with E-state index in [0.717, 1.165) is 35.5 Å². The smallest absolute Gasteiger partial charge is 0.116 e. The van der Waals surface area contributed by atoms with Gasteiger partial charge in [0.1, 0.15) is 5.69 Å². The van der Waals surface area contributed by atoms with E-state index >= 15 is 0 Å². The number of nitrogens with zero attached hydrogens (tertiary/aromatic N) is 3. The van der Waals surface area contributed by atoms with Gasteiger partial charge in [0, 0.05) is 29.9 Å². The van der Waals surface area contributed by atoms with Crippen LogP contribution in [0, 0.1) is 0 Å². The number of fused-ring (bicyclic) bond motifs is 2. The minimum atomic E-state index is 0.650. The largest absolute Gasteiger partial charge is 0.383 e. The molecule has 5 rings (SSSR count). The third-order valence-corrected chi connectivity index (χ3v) is 5.96. The van der Waals surface area contributed by atoms with Crippen molar-refractivity contribution in [3.05, 3.63) is 54.1 Å². The number of H-pyrrole nitrogens is 1. The van der Waals surface area contributed by atoms with Gasteiger partial charge in [-0.1, -0.05) is 30.7 Å². The van der Waals surface area contributed by atoms with E-state index in [-0.39, 0.29) is 0 Å². The molecule has 1 N–H and O–H groups in total. The Morgan fingerprint density at radius 3 is 2.76 bits per heavy atom. The first-order valence-corrected chi connectivity index (χ1v) is 10.6. The number of nitrogens with one attached hydrogen (secondary N) is 1. The molecule has 5 heteroatoms. The van der Waals surface area contributed by atoms with Crippen molar-refractivity contribution in [3.63, 3.8) is 0 Å². The summed E-state index contributed by atoms with van der Waals surface area (Å²) >= 11 is 0. The van der Waals surface area contributed by atoms with Crippen LogP contribution < -0.4 is 0 Å². The highest BCUT2D eigenvalue weighted by Crippen LogP contribution is 2.30. The highest BCUT2D eigenvalue weighted by atomic mass is 16.5. The van der Waals surface area contributed by atoms with E-state index in [1.165, 1.54) is 48.7 Å². The molecule has 1 aliphatic rings. The van der Waals surface area contributed by atoms with E-state index in [2.05, 4.69) is 58.4 Å². The molecule has 0 bridgehead atoms. The van der Waals surface area contributed by atoms with Gasteiger partial charge in [0.2, 0.25) is 0 Å². The lowest BCUT2D eigenvalue weighted by molar-refractivity contribution is 0.185. The quantitative estimate of drug-likeness (QED) is 0.515. The molecular formula is C24H28N4O. The van der Waals surface area contributed by atoms with Gasteiger partial charge in [-0.05, 0) is 55.8 Å². The molecule has 0 atom stereocenters. The van der Waals surface area contributed by atoms with E-state index in [1.807, 2.05) is 4.68 Å². The molecule has 1 saturated heterocycles. The molecule has 5 nitrogen and oxygen atoms in total. The van der Waals surface area contributed by atoms with Gasteiger partial charge >= 0.3 is 0 Å². The molecule has 0 aliphatic carbocycles. The molecule has 150 valence electrons. The Balaban J connectivity index is 1.49. The maximum atomic E-state index is 5.26. The lowest BCUT2D eigenvalue weighted by Crippen LogP contribution is -2.28. The maximum absolute atomic E-state index is 5.26. The number of ether oxygens (including phenoxy) is 1. The van der Waals surface area contributed by atoms with Crippen molar-refractivity contribution in [3.8, 4) is 11.4 Å². The number of likely N-dealkylation sites (tertiary alicyclic amines) is 1. The van der Waals surface area contributed by atoms with Gasteiger partial charge in [0.15, 0.2) is 0 Å². The van der Waals surface area contributed by atoms with Crippen molar-refractivity contribution in [2.75, 3.05) is 26.8 Å². The molecule has 0 saturated carbocycles. The normalized spacial score (nSPS) is 15.5. The summed E-state index contributed by atoms with van der Waals surface area (Å²) in [5.74, 6) is 0. The number of para-hydroxylation sites is 1. The molecular weight excluding hydrogens is 360 g/mol. The van der Waals surface area contributed by atoms with E-state index in [0.29, 0.717) is 6.61 Å². The van der Waals surface area contributed by atoms with Crippen LogP contribution in [0.5, 0.6) is 0 Å². The number of methoxy groups -OCH3 is 1. The van der Waals surface area contributed by atoms with Crippen LogP contribution in [0.25, 0.3) is 33.2 Å². The fraction of sp³-hybridized carbons (Fsp3) is 0.375. The van der Waals surface area contributed by atoms with Gasteiger partial charge in [-0.3, -0.25) is 9.58 Å². The van der Waals surface area contributed by atoms with Gasteiger partial charge in [0.05, 0.1) is 24.4 Å². The van der Waals surface area contributed by atoms with Crippen LogP contribution in [-0.2, 0) is 17.8 Å². The topological polar surface area (TPSA) is 46.1 Å². The van der Waals surface area contributed by atoms with Crippen molar-refractivity contribution < 1.29 is 4.74 Å². The van der Waals surface area contributed by atoms with Gasteiger partial charge < -0.3 is 9.72 Å². The number of rotatable bonds is 6. The van der Waals surface area contributed by atoms with Crippen molar-refractivity contribution in [2.24, 2.45) is 0 Å². The van der Waals surface area contributed by atoms with Crippen LogP contribution in [0.2, 0.25) is 0 Å². The first kappa shape index (κ1) is 18.4. The third kappa shape index (κ3) is 3.68. The Bertz CT molecular complexity index is 1120. The number of hydrogen-bond donors (Lipinski definition) is 1. The summed E-state index contributed by atoms with van der Waals surface area (Å²) in [6, 6.07) is 17.4. The summed E-state index contributed by atoms with van der Waals surface area (Å²) in [4.78, 5) is 6.16. The summed E-state index contributed by atoms with van der Waals surface area (Å²) in [5, 5.41) is 7.33. The minimum absolute atomic E-state index is 0.650. The highest BCUT2D eigenvalue weighted by molar-refractivity contribution is 5.96. The average Bonchev–Trinajstić information content (AvgIpc) is 3.34. The van der Waals surface area contributed by atoms with E-state index in [9.17, 15) is 0 Å². The molecule has 1 aliphatic heterocycles. The zero-order valence-corrected chi connectivity index (χ0v) is 17.0. The van der Waals surface area contributed by atoms with Gasteiger partial charge in [-0.25, -0.2) is 0 Å². The predicted octanol–water partition coefficient (Wildman–Crippen LogP) is 4.82. The molecule has 0 spiro atoms. The first-order chi connectivity index (χ1) is 14.3. The summed E-state index contributed by atoms with van der Waals surface area (Å²) in [7, 11) is 1.73. The summed E-state index contributed by atoms with van der Waals surface area (Å²) in [6.45, 7) is 4.89. The number of benzene rings is 2. The van der Waals surface area contributed by atoms with Crippen molar-refractivity contribution >= 4 is 21.8 Å². The summed E-state index contributed by atoms with van der Waals surface area (Å²) in [5.41, 5.74) is 5.77. The van der Waals surface area contributed by atoms with Gasteiger partial charge in [0.25, 0.3) is 0 Å². The van der Waals surface area contributed by atoms with Crippen LogP contribution in [0.1, 0.15) is 24.8 Å². The SMILES string of the molecule is COCCn1nc(-c2cc3cc(CN4CCCCC4)ccc3[nH]2)c2ccccc21. The van der Waals surface area contributed by atoms with E-state index in [1.54, 1.807) is 7.11 Å². The zero-order valence-electron chi connectivity index (χ0n) is 17.0. The molecule has 0 radical (unpaired) electrons. The molecule has 2 aromatic heterocycles. The fourth-order valence-corrected chi connectivity index (χ4v) is 4.46. The lowest BCUT2D eigenvalue weighted by Gasteiger charge is -2.26. The van der Waals surface area contributed by atoms with Crippen LogP contribution >= 0.6 is 0 Å². The second-order valence-corrected chi connectivity index (χ2v) is 8.02. The van der Waals surface area contributed by atoms with E-state index in [4.69, 9.17) is 9.84 Å². The number of aromatic nitrogens is 3. The van der Waals surface area contributed by atoms with Crippen LogP contribution in [-0.4, -0.2) is 46.5 Å². The zero-order chi connectivity index (χ0) is 19.6. The monoisotopic (exact) mass is 388 g/mol. The average molecular weight is 389 g/mol. The Labute approximate surface area is 171 Å². The second-order valence-electron chi connectivity index (χ2n) is 8.02. The summed E-state index contributed by atoms with van der Waals surface area (Å²) in [6.07, 6.45) is 4.03. The third-order valence-electron chi connectivity index (χ3n) is 5.96. The number of aromatic amines is 1. The van der Waals surface area contributed by atoms with Gasteiger partial charge in [-0.2, -0.15) is 5.10 Å². The number of piperidine rings is 1. The Kier molecular flexibility index (Phi) is 5.08. The highest BCUT2D eigenvalue weighted by Gasteiger charge is 2.15. The minimum Gasteiger partial charge on any atom is -0.383 e. The molecule has 0 amide bonds. The first-order valence-electron chi connectivity index (χ1n) is 10.6. The Morgan fingerprint density at radius 2 is 1.90 bits per heavy atom. The molecule has 3 heterocycles. The van der Waals surface area contributed by atoms with Crippen LogP contribution in [0.15, 0.2) is 48.5 Å². The van der Waals surface area contributed by atoms with Crippen molar-refractivity contribution in [1.82, 2.24) is 19.7 Å². The molecule has 2 aromatic carbocycles. The van der Waals surface area contributed by atoms with Crippen LogP contribution in [0.4, 0.5) is 0 Å². The predicted molar refractivity (Wildman–Crippen MR) is 118 cm³/mol. The van der Waals surface area contributed by atoms with Crippen LogP contribution in [0.3, 0.4) is 0 Å². The number of hydrogen-bond acceptors (Lipinski definition) is 3. The molecule has 1 fully saturated rings. The van der Waals surface area contributed by atoms with Crippen molar-refractivity contribution in [1.29, 1.82) is 0 Å². The van der Waals surface area contributed by atoms with Gasteiger partial charge in [-0.15, -0.1) is 0 Å². The lowest BCUT2D eigenvalue weighted by atomic mass is 10.1. The van der Waals surface area contributed by atoms with E-state index < -0.39 is 0 Å². The fourth-order valence-electron chi connectivity index (χ4n) is 4.46. The molecule has 29 heavy (non-hydrogen) atoms. The summed E-state index contributed by atoms with van der Waals surface area (Å²) < 4.78 is 7.30. The Morgan fingerprint density at radius 1 is 1.03 bits per heavy atom. The molecule has 0 unspecified atom stereocenters. The molecule has 4 aromatic rings.